The van der Waals surface area contributed by atoms with Crippen molar-refractivity contribution < 1.29 is 9.59 Å². The Hall–Kier alpha value is -2.27. The Labute approximate surface area is 153 Å². The second-order valence-corrected chi connectivity index (χ2v) is 7.24. The van der Waals surface area contributed by atoms with Gasteiger partial charge in [-0.25, -0.2) is 0 Å². The molecule has 2 aromatic rings. The number of likely N-dealkylation sites (N-methyl/N-ethyl adjacent to an activating group) is 1. The van der Waals surface area contributed by atoms with Crippen molar-refractivity contribution in [2.24, 2.45) is 0 Å². The van der Waals surface area contributed by atoms with Gasteiger partial charge in [0.05, 0.1) is 11.8 Å². The minimum atomic E-state index is -0.247. The summed E-state index contributed by atoms with van der Waals surface area (Å²) in [6, 6.07) is 17.5. The maximum Gasteiger partial charge on any atom is 0.243 e. The van der Waals surface area contributed by atoms with E-state index in [1.165, 1.54) is 16.7 Å². The Balaban J connectivity index is 1.90. The van der Waals surface area contributed by atoms with Crippen molar-refractivity contribution in [2.75, 3.05) is 18.9 Å². The lowest BCUT2D eigenvalue weighted by Gasteiger charge is -2.21. The van der Waals surface area contributed by atoms with E-state index in [2.05, 4.69) is 5.32 Å². The highest BCUT2D eigenvalue weighted by molar-refractivity contribution is 8.00. The summed E-state index contributed by atoms with van der Waals surface area (Å²) >= 11 is 1.49. The largest absolute Gasteiger partial charge is 0.335 e. The molecule has 5 heteroatoms. The first kappa shape index (κ1) is 19.1. The summed E-state index contributed by atoms with van der Waals surface area (Å²) in [7, 11) is 1.66. The van der Waals surface area contributed by atoms with Gasteiger partial charge in [-0.05, 0) is 37.1 Å². The Morgan fingerprint density at radius 1 is 1.08 bits per heavy atom. The summed E-state index contributed by atoms with van der Waals surface area (Å²) in [5.74, 6) is -0.249. The molecule has 132 valence electrons. The summed E-state index contributed by atoms with van der Waals surface area (Å²) in [4.78, 5) is 27.3. The number of hydrogen-bond donors (Lipinski definition) is 1. The predicted molar refractivity (Wildman–Crippen MR) is 104 cm³/mol. The van der Waals surface area contributed by atoms with Crippen molar-refractivity contribution in [3.05, 3.63) is 60.2 Å². The highest BCUT2D eigenvalue weighted by Gasteiger charge is 2.20. The van der Waals surface area contributed by atoms with E-state index < -0.39 is 0 Å². The number of nitrogens with one attached hydrogen (secondary N) is 1. The normalized spacial score (nSPS) is 11.6. The van der Waals surface area contributed by atoms with Crippen LogP contribution in [0.2, 0.25) is 0 Å². The molecule has 0 spiro atoms. The number of carbonyl (C=O) groups is 2. The van der Waals surface area contributed by atoms with E-state index >= 15 is 0 Å². The van der Waals surface area contributed by atoms with Crippen LogP contribution in [0.1, 0.15) is 19.4 Å². The summed E-state index contributed by atoms with van der Waals surface area (Å²) < 4.78 is 0. The summed E-state index contributed by atoms with van der Waals surface area (Å²) in [5, 5.41) is 2.65. The van der Waals surface area contributed by atoms with Gasteiger partial charge in [-0.2, -0.15) is 0 Å². The third-order valence-electron chi connectivity index (χ3n) is 3.83. The fraction of sp³-hybridized carbons (Fsp3) is 0.300. The molecule has 1 atom stereocenters. The van der Waals surface area contributed by atoms with Gasteiger partial charge in [-0.3, -0.25) is 9.59 Å². The first-order valence-corrected chi connectivity index (χ1v) is 9.23. The van der Waals surface area contributed by atoms with Crippen LogP contribution >= 0.6 is 11.8 Å². The maximum absolute atomic E-state index is 12.5. The van der Waals surface area contributed by atoms with Gasteiger partial charge >= 0.3 is 0 Å². The van der Waals surface area contributed by atoms with Gasteiger partial charge in [0.15, 0.2) is 0 Å². The third-order valence-corrected chi connectivity index (χ3v) is 4.93. The lowest BCUT2D eigenvalue weighted by Crippen LogP contribution is -2.39. The monoisotopic (exact) mass is 356 g/mol. The molecule has 1 unspecified atom stereocenters. The molecule has 0 heterocycles. The van der Waals surface area contributed by atoms with E-state index in [0.717, 1.165) is 22.6 Å². The number of hydrogen-bond acceptors (Lipinski definition) is 3. The molecular weight excluding hydrogens is 332 g/mol. The fourth-order valence-corrected chi connectivity index (χ4v) is 3.50. The van der Waals surface area contributed by atoms with E-state index in [1.807, 2.05) is 68.4 Å². The molecule has 2 rings (SSSR count). The van der Waals surface area contributed by atoms with Crippen molar-refractivity contribution in [3.63, 3.8) is 0 Å². The molecule has 4 nitrogen and oxygen atoms in total. The van der Waals surface area contributed by atoms with Crippen LogP contribution in [0.25, 0.3) is 0 Å². The fourth-order valence-electron chi connectivity index (χ4n) is 2.50. The molecule has 1 N–H and O–H groups in total. The Morgan fingerprint density at radius 2 is 1.72 bits per heavy atom. The quantitative estimate of drug-likeness (QED) is 0.767. The van der Waals surface area contributed by atoms with Gasteiger partial charge in [0.1, 0.15) is 0 Å². The number of amides is 2. The first-order chi connectivity index (χ1) is 12.0. The van der Waals surface area contributed by atoms with Crippen LogP contribution in [0.5, 0.6) is 0 Å². The van der Waals surface area contributed by atoms with E-state index in [0.29, 0.717) is 0 Å². The van der Waals surface area contributed by atoms with Crippen molar-refractivity contribution in [1.82, 2.24) is 4.90 Å². The average Bonchev–Trinajstić information content (AvgIpc) is 2.62. The second-order valence-electron chi connectivity index (χ2n) is 5.83. The summed E-state index contributed by atoms with van der Waals surface area (Å²) in [6.45, 7) is 3.94. The molecule has 2 amide bonds. The van der Waals surface area contributed by atoms with Crippen LogP contribution < -0.4 is 5.32 Å². The topological polar surface area (TPSA) is 49.4 Å². The molecule has 0 fully saturated rings. The number of carbonyl (C=O) groups excluding carboxylic acids is 2. The zero-order valence-corrected chi connectivity index (χ0v) is 15.7. The number of para-hydroxylation sites is 1. The molecule has 2 aromatic carbocycles. The molecule has 0 aromatic heterocycles. The Kier molecular flexibility index (Phi) is 7.07. The van der Waals surface area contributed by atoms with Gasteiger partial charge < -0.3 is 10.2 Å². The minimum Gasteiger partial charge on any atom is -0.335 e. The molecule has 0 saturated carbocycles. The highest BCUT2D eigenvalue weighted by atomic mass is 32.2. The summed E-state index contributed by atoms with van der Waals surface area (Å²) in [6.07, 6.45) is 0.843. The van der Waals surface area contributed by atoms with Gasteiger partial charge in [-0.1, -0.05) is 43.3 Å². The van der Waals surface area contributed by atoms with Crippen LogP contribution in [0, 0.1) is 0 Å². The summed E-state index contributed by atoms with van der Waals surface area (Å²) in [5.41, 5.74) is 1.89. The van der Waals surface area contributed by atoms with Gasteiger partial charge in [-0.15, -0.1) is 11.8 Å². The standard InChI is InChI=1S/C20H24N2O2S/c1-4-16-10-8-9-13-18(16)21-19(23)14-22(3)20(24)15(2)25-17-11-6-5-7-12-17/h5-13,15H,4,14H2,1-3H3,(H,21,23). The van der Waals surface area contributed by atoms with Gasteiger partial charge in [0.2, 0.25) is 11.8 Å². The molecule has 0 radical (unpaired) electrons. The van der Waals surface area contributed by atoms with E-state index in [9.17, 15) is 9.59 Å². The Morgan fingerprint density at radius 3 is 2.40 bits per heavy atom. The molecule has 0 aliphatic rings. The van der Waals surface area contributed by atoms with Gasteiger partial charge in [0, 0.05) is 17.6 Å². The van der Waals surface area contributed by atoms with E-state index in [4.69, 9.17) is 0 Å². The van der Waals surface area contributed by atoms with E-state index in [-0.39, 0.29) is 23.6 Å². The molecule has 0 saturated heterocycles. The number of anilines is 1. The minimum absolute atomic E-state index is 0.0383. The van der Waals surface area contributed by atoms with Crippen LogP contribution in [-0.2, 0) is 16.0 Å². The molecule has 0 aliphatic heterocycles. The number of nitrogens with zero attached hydrogens (tertiary/aromatic N) is 1. The molecule has 0 bridgehead atoms. The highest BCUT2D eigenvalue weighted by Crippen LogP contribution is 2.23. The predicted octanol–water partition coefficient (Wildman–Crippen LogP) is 3.83. The van der Waals surface area contributed by atoms with Crippen molar-refractivity contribution in [3.8, 4) is 0 Å². The van der Waals surface area contributed by atoms with Gasteiger partial charge in [0.25, 0.3) is 0 Å². The maximum atomic E-state index is 12.5. The molecule has 25 heavy (non-hydrogen) atoms. The number of thioether (sulfide) groups is 1. The number of benzene rings is 2. The van der Waals surface area contributed by atoms with Crippen LogP contribution in [-0.4, -0.2) is 35.6 Å². The van der Waals surface area contributed by atoms with Crippen LogP contribution in [0.4, 0.5) is 5.69 Å². The second kappa shape index (κ2) is 9.28. The zero-order valence-electron chi connectivity index (χ0n) is 14.9. The third kappa shape index (κ3) is 5.64. The Bertz CT molecular complexity index is 719. The zero-order chi connectivity index (χ0) is 18.2. The van der Waals surface area contributed by atoms with Crippen molar-refractivity contribution in [1.29, 1.82) is 0 Å². The SMILES string of the molecule is CCc1ccccc1NC(=O)CN(C)C(=O)C(C)Sc1ccccc1. The first-order valence-electron chi connectivity index (χ1n) is 8.35. The lowest BCUT2D eigenvalue weighted by atomic mass is 10.1. The smallest absolute Gasteiger partial charge is 0.243 e. The molecule has 0 aliphatic carbocycles. The van der Waals surface area contributed by atoms with Crippen LogP contribution in [0.15, 0.2) is 59.5 Å². The number of aryl methyl sites for hydroxylation is 1. The number of rotatable bonds is 7. The lowest BCUT2D eigenvalue weighted by molar-refractivity contribution is -0.132. The average molecular weight is 356 g/mol. The van der Waals surface area contributed by atoms with Crippen molar-refractivity contribution in [2.45, 2.75) is 30.4 Å². The van der Waals surface area contributed by atoms with Crippen molar-refractivity contribution >= 4 is 29.3 Å². The van der Waals surface area contributed by atoms with E-state index in [1.54, 1.807) is 7.05 Å². The van der Waals surface area contributed by atoms with Crippen LogP contribution in [0.3, 0.4) is 0 Å². The molecular formula is C20H24N2O2S.